The lowest BCUT2D eigenvalue weighted by atomic mass is 9.81. The maximum absolute atomic E-state index is 13.5. The SMILES string of the molecule is CC(C)(C)C1Cc2cc(N)ccc2CCN1C(=O)c1ccc2nc[nH]c2c1. The van der Waals surface area contributed by atoms with E-state index in [1.54, 1.807) is 6.33 Å². The molecule has 1 aromatic heterocycles. The second kappa shape index (κ2) is 6.41. The molecule has 0 aliphatic carbocycles. The molecule has 0 radical (unpaired) electrons. The minimum absolute atomic E-state index is 0.0417. The van der Waals surface area contributed by atoms with Gasteiger partial charge in [-0.25, -0.2) is 4.98 Å². The van der Waals surface area contributed by atoms with Crippen molar-refractivity contribution in [2.24, 2.45) is 5.41 Å². The highest BCUT2D eigenvalue weighted by Gasteiger charge is 2.36. The van der Waals surface area contributed by atoms with Gasteiger partial charge in [0.25, 0.3) is 5.91 Å². The molecular formula is C22H26N4O. The van der Waals surface area contributed by atoms with Crippen LogP contribution in [0.1, 0.15) is 42.3 Å². The number of nitrogens with two attached hydrogens (primary N) is 1. The Morgan fingerprint density at radius 2 is 2.00 bits per heavy atom. The standard InChI is InChI=1S/C22H26N4O/c1-22(2,3)20-12-16-10-17(23)6-4-14(16)8-9-26(20)21(27)15-5-7-18-19(11-15)25-13-24-18/h4-7,10-11,13,20H,8-9,12,23H2,1-3H3,(H,24,25). The van der Waals surface area contributed by atoms with Gasteiger partial charge in [-0.05, 0) is 59.7 Å². The molecule has 0 saturated carbocycles. The molecule has 3 aromatic rings. The molecule has 27 heavy (non-hydrogen) atoms. The lowest BCUT2D eigenvalue weighted by Crippen LogP contribution is -2.48. The van der Waals surface area contributed by atoms with E-state index in [-0.39, 0.29) is 17.4 Å². The van der Waals surface area contributed by atoms with Gasteiger partial charge in [0.1, 0.15) is 0 Å². The molecular weight excluding hydrogens is 336 g/mol. The Labute approximate surface area is 159 Å². The molecule has 3 N–H and O–H groups in total. The number of aromatic nitrogens is 2. The smallest absolute Gasteiger partial charge is 0.254 e. The zero-order valence-corrected chi connectivity index (χ0v) is 16.1. The number of anilines is 1. The third-order valence-corrected chi connectivity index (χ3v) is 5.57. The number of aromatic amines is 1. The van der Waals surface area contributed by atoms with Crippen molar-refractivity contribution in [1.29, 1.82) is 0 Å². The average molecular weight is 362 g/mol. The van der Waals surface area contributed by atoms with E-state index in [4.69, 9.17) is 5.73 Å². The van der Waals surface area contributed by atoms with Crippen molar-refractivity contribution >= 4 is 22.6 Å². The van der Waals surface area contributed by atoms with E-state index >= 15 is 0 Å². The van der Waals surface area contributed by atoms with Crippen LogP contribution in [0.15, 0.2) is 42.7 Å². The summed E-state index contributed by atoms with van der Waals surface area (Å²) in [5.74, 6) is 0.0761. The molecule has 1 aliphatic heterocycles. The van der Waals surface area contributed by atoms with Crippen molar-refractivity contribution in [3.05, 3.63) is 59.4 Å². The number of hydrogen-bond donors (Lipinski definition) is 2. The molecule has 1 amide bonds. The number of nitrogens with zero attached hydrogens (tertiary/aromatic N) is 2. The summed E-state index contributed by atoms with van der Waals surface area (Å²) in [4.78, 5) is 22.8. The second-order valence-corrected chi connectivity index (χ2v) is 8.50. The van der Waals surface area contributed by atoms with Crippen LogP contribution in [-0.2, 0) is 12.8 Å². The first-order valence-electron chi connectivity index (χ1n) is 9.44. The number of H-pyrrole nitrogens is 1. The highest BCUT2D eigenvalue weighted by molar-refractivity contribution is 5.97. The molecule has 0 bridgehead atoms. The molecule has 5 heteroatoms. The molecule has 5 nitrogen and oxygen atoms in total. The fourth-order valence-corrected chi connectivity index (χ4v) is 4.05. The number of imidazole rings is 1. The van der Waals surface area contributed by atoms with Crippen LogP contribution in [-0.4, -0.2) is 33.4 Å². The average Bonchev–Trinajstić information content (AvgIpc) is 3.00. The van der Waals surface area contributed by atoms with E-state index in [1.165, 1.54) is 11.1 Å². The lowest BCUT2D eigenvalue weighted by Gasteiger charge is -2.39. The molecule has 140 valence electrons. The molecule has 0 saturated heterocycles. The number of nitrogen functional groups attached to an aromatic ring is 1. The highest BCUT2D eigenvalue weighted by Crippen LogP contribution is 2.33. The van der Waals surface area contributed by atoms with Crippen molar-refractivity contribution in [2.45, 2.75) is 39.7 Å². The van der Waals surface area contributed by atoms with Crippen LogP contribution in [0.25, 0.3) is 11.0 Å². The van der Waals surface area contributed by atoms with Gasteiger partial charge in [0, 0.05) is 23.8 Å². The Balaban J connectivity index is 1.72. The molecule has 0 spiro atoms. The van der Waals surface area contributed by atoms with E-state index in [0.29, 0.717) is 12.1 Å². The van der Waals surface area contributed by atoms with Gasteiger partial charge >= 0.3 is 0 Å². The fourth-order valence-electron chi connectivity index (χ4n) is 4.05. The van der Waals surface area contributed by atoms with Crippen LogP contribution in [0, 0.1) is 5.41 Å². The molecule has 1 unspecified atom stereocenters. The first kappa shape index (κ1) is 17.6. The number of hydrogen-bond acceptors (Lipinski definition) is 3. The van der Waals surface area contributed by atoms with Gasteiger partial charge < -0.3 is 15.6 Å². The summed E-state index contributed by atoms with van der Waals surface area (Å²) in [6, 6.07) is 11.9. The van der Waals surface area contributed by atoms with Crippen LogP contribution in [0.3, 0.4) is 0 Å². The Morgan fingerprint density at radius 1 is 1.19 bits per heavy atom. The zero-order valence-electron chi connectivity index (χ0n) is 16.1. The summed E-state index contributed by atoms with van der Waals surface area (Å²) in [5.41, 5.74) is 11.8. The number of nitrogens with one attached hydrogen (secondary N) is 1. The van der Waals surface area contributed by atoms with Crippen molar-refractivity contribution in [1.82, 2.24) is 14.9 Å². The maximum atomic E-state index is 13.5. The third-order valence-electron chi connectivity index (χ3n) is 5.57. The number of rotatable bonds is 1. The first-order valence-corrected chi connectivity index (χ1v) is 9.44. The van der Waals surface area contributed by atoms with Crippen molar-refractivity contribution in [3.8, 4) is 0 Å². The van der Waals surface area contributed by atoms with Crippen LogP contribution >= 0.6 is 0 Å². The van der Waals surface area contributed by atoms with E-state index in [0.717, 1.165) is 29.6 Å². The Hall–Kier alpha value is -2.82. The lowest BCUT2D eigenvalue weighted by molar-refractivity contribution is 0.0532. The van der Waals surface area contributed by atoms with E-state index in [2.05, 4.69) is 42.9 Å². The van der Waals surface area contributed by atoms with Gasteiger partial charge in [-0.2, -0.15) is 0 Å². The Bertz CT molecular complexity index is 999. The molecule has 1 atom stereocenters. The first-order chi connectivity index (χ1) is 12.8. The number of fused-ring (bicyclic) bond motifs is 2. The van der Waals surface area contributed by atoms with Gasteiger partial charge in [0.05, 0.1) is 17.4 Å². The minimum atomic E-state index is -0.0417. The summed E-state index contributed by atoms with van der Waals surface area (Å²) in [5, 5.41) is 0. The van der Waals surface area contributed by atoms with Gasteiger partial charge in [0.15, 0.2) is 0 Å². The molecule has 0 fully saturated rings. The van der Waals surface area contributed by atoms with E-state index in [1.807, 2.05) is 29.2 Å². The Kier molecular flexibility index (Phi) is 4.17. The van der Waals surface area contributed by atoms with Crippen molar-refractivity contribution in [2.75, 3.05) is 12.3 Å². The molecule has 4 rings (SSSR count). The molecule has 2 heterocycles. The Morgan fingerprint density at radius 3 is 2.78 bits per heavy atom. The summed E-state index contributed by atoms with van der Waals surface area (Å²) < 4.78 is 0. The van der Waals surface area contributed by atoms with Gasteiger partial charge in [-0.3, -0.25) is 4.79 Å². The molecule has 2 aromatic carbocycles. The highest BCUT2D eigenvalue weighted by atomic mass is 16.2. The number of benzene rings is 2. The normalized spacial score (nSPS) is 17.6. The van der Waals surface area contributed by atoms with Crippen LogP contribution in [0.4, 0.5) is 5.69 Å². The quantitative estimate of drug-likeness (QED) is 0.647. The number of carbonyl (C=O) groups excluding carboxylic acids is 1. The fraction of sp³-hybridized carbons (Fsp3) is 0.364. The van der Waals surface area contributed by atoms with Gasteiger partial charge in [-0.15, -0.1) is 0 Å². The predicted octanol–water partition coefficient (Wildman–Crippen LogP) is 3.80. The number of carbonyl (C=O) groups is 1. The summed E-state index contributed by atoms with van der Waals surface area (Å²) in [6.45, 7) is 7.31. The van der Waals surface area contributed by atoms with Gasteiger partial charge in [-0.1, -0.05) is 26.8 Å². The number of amides is 1. The largest absolute Gasteiger partial charge is 0.399 e. The summed E-state index contributed by atoms with van der Waals surface area (Å²) in [6.07, 6.45) is 3.33. The summed E-state index contributed by atoms with van der Waals surface area (Å²) >= 11 is 0. The topological polar surface area (TPSA) is 75.0 Å². The van der Waals surface area contributed by atoms with Gasteiger partial charge in [0.2, 0.25) is 0 Å². The third kappa shape index (κ3) is 3.29. The zero-order chi connectivity index (χ0) is 19.2. The van der Waals surface area contributed by atoms with Crippen molar-refractivity contribution in [3.63, 3.8) is 0 Å². The van der Waals surface area contributed by atoms with Crippen molar-refractivity contribution < 1.29 is 4.79 Å². The monoisotopic (exact) mass is 362 g/mol. The van der Waals surface area contributed by atoms with E-state index in [9.17, 15) is 4.79 Å². The van der Waals surface area contributed by atoms with Crippen LogP contribution in [0.2, 0.25) is 0 Å². The summed E-state index contributed by atoms with van der Waals surface area (Å²) in [7, 11) is 0. The minimum Gasteiger partial charge on any atom is -0.399 e. The predicted molar refractivity (Wildman–Crippen MR) is 109 cm³/mol. The second-order valence-electron chi connectivity index (χ2n) is 8.50. The van der Waals surface area contributed by atoms with E-state index < -0.39 is 0 Å². The molecule has 1 aliphatic rings. The maximum Gasteiger partial charge on any atom is 0.254 e. The van der Waals surface area contributed by atoms with Crippen LogP contribution in [0.5, 0.6) is 0 Å². The van der Waals surface area contributed by atoms with Crippen LogP contribution < -0.4 is 5.73 Å².